The lowest BCUT2D eigenvalue weighted by Crippen LogP contribution is -2.40. The van der Waals surface area contributed by atoms with Crippen molar-refractivity contribution in [2.24, 2.45) is 0 Å². The van der Waals surface area contributed by atoms with Crippen LogP contribution in [-0.2, 0) is 11.2 Å². The van der Waals surface area contributed by atoms with Crippen molar-refractivity contribution in [1.29, 1.82) is 0 Å². The minimum absolute atomic E-state index is 0.111. The molecule has 122 valence electrons. The number of aromatic nitrogens is 2. The van der Waals surface area contributed by atoms with Gasteiger partial charge in [-0.05, 0) is 36.2 Å². The van der Waals surface area contributed by atoms with Gasteiger partial charge in [0.1, 0.15) is 23.3 Å². The molecule has 3 aromatic rings. The van der Waals surface area contributed by atoms with E-state index < -0.39 is 17.7 Å². The summed E-state index contributed by atoms with van der Waals surface area (Å²) in [6, 6.07) is 6.69. The lowest BCUT2D eigenvalue weighted by molar-refractivity contribution is -0.131. The Morgan fingerprint density at radius 1 is 1.25 bits per heavy atom. The SMILES string of the molecule is CC(=O)N1CCc2c([nH]c3ncccc23)C1c1c(F)cccc1F. The highest BCUT2D eigenvalue weighted by Gasteiger charge is 2.36. The van der Waals surface area contributed by atoms with Crippen LogP contribution in [0.5, 0.6) is 0 Å². The highest BCUT2D eigenvalue weighted by atomic mass is 19.1. The Morgan fingerprint density at radius 3 is 2.71 bits per heavy atom. The molecule has 0 saturated heterocycles. The number of carbonyl (C=O) groups excluding carboxylic acids is 1. The third-order valence-electron chi connectivity index (χ3n) is 4.58. The number of aromatic amines is 1. The van der Waals surface area contributed by atoms with Gasteiger partial charge in [0.15, 0.2) is 0 Å². The van der Waals surface area contributed by atoms with Gasteiger partial charge in [0.05, 0.1) is 5.56 Å². The lowest BCUT2D eigenvalue weighted by Gasteiger charge is -2.35. The maximum atomic E-state index is 14.4. The third-order valence-corrected chi connectivity index (χ3v) is 4.58. The normalized spacial score (nSPS) is 17.1. The van der Waals surface area contributed by atoms with Crippen LogP contribution in [0.2, 0.25) is 0 Å². The predicted octanol–water partition coefficient (Wildman–Crippen LogP) is 3.34. The summed E-state index contributed by atoms with van der Waals surface area (Å²) in [6.45, 7) is 1.82. The first-order chi connectivity index (χ1) is 11.6. The maximum Gasteiger partial charge on any atom is 0.220 e. The van der Waals surface area contributed by atoms with E-state index >= 15 is 0 Å². The number of H-pyrrole nitrogens is 1. The first kappa shape index (κ1) is 14.8. The monoisotopic (exact) mass is 327 g/mol. The Morgan fingerprint density at radius 2 is 2.00 bits per heavy atom. The van der Waals surface area contributed by atoms with E-state index in [1.165, 1.54) is 30.0 Å². The molecule has 1 unspecified atom stereocenters. The van der Waals surface area contributed by atoms with Gasteiger partial charge in [0, 0.05) is 30.7 Å². The Bertz CT molecular complexity index is 930. The van der Waals surface area contributed by atoms with Gasteiger partial charge in [-0.1, -0.05) is 6.07 Å². The molecule has 1 aliphatic heterocycles. The highest BCUT2D eigenvalue weighted by molar-refractivity contribution is 5.83. The Balaban J connectivity index is 2.00. The van der Waals surface area contributed by atoms with Crippen LogP contribution in [-0.4, -0.2) is 27.3 Å². The van der Waals surface area contributed by atoms with E-state index in [4.69, 9.17) is 0 Å². The van der Waals surface area contributed by atoms with Crippen molar-refractivity contribution in [3.05, 3.63) is 65.0 Å². The van der Waals surface area contributed by atoms with E-state index in [9.17, 15) is 13.6 Å². The van der Waals surface area contributed by atoms with Crippen LogP contribution in [0.3, 0.4) is 0 Å². The standard InChI is InChI=1S/C18H15F2N3O/c1-10(24)23-9-7-11-12-4-3-8-21-18(12)22-16(11)17(23)15-13(19)5-2-6-14(15)20/h2-6,8,17H,7,9H2,1H3,(H,21,22). The van der Waals surface area contributed by atoms with E-state index in [2.05, 4.69) is 9.97 Å². The maximum absolute atomic E-state index is 14.4. The molecule has 0 bridgehead atoms. The number of nitrogens with zero attached hydrogens (tertiary/aromatic N) is 2. The van der Waals surface area contributed by atoms with Crippen molar-refractivity contribution in [2.75, 3.05) is 6.54 Å². The molecule has 2 aromatic heterocycles. The Hall–Kier alpha value is -2.76. The number of benzene rings is 1. The van der Waals surface area contributed by atoms with Gasteiger partial charge in [0.25, 0.3) is 0 Å². The van der Waals surface area contributed by atoms with Gasteiger partial charge in [-0.15, -0.1) is 0 Å². The second-order valence-corrected chi connectivity index (χ2v) is 5.92. The largest absolute Gasteiger partial charge is 0.341 e. The molecule has 0 spiro atoms. The number of nitrogens with one attached hydrogen (secondary N) is 1. The van der Waals surface area contributed by atoms with E-state index in [1.807, 2.05) is 12.1 Å². The summed E-state index contributed by atoms with van der Waals surface area (Å²) in [6.07, 6.45) is 2.28. The van der Waals surface area contributed by atoms with Gasteiger partial charge >= 0.3 is 0 Å². The van der Waals surface area contributed by atoms with Gasteiger partial charge < -0.3 is 9.88 Å². The summed E-state index contributed by atoms with van der Waals surface area (Å²) in [5, 5.41) is 0.928. The smallest absolute Gasteiger partial charge is 0.220 e. The number of amides is 1. The molecule has 24 heavy (non-hydrogen) atoms. The zero-order chi connectivity index (χ0) is 16.8. The molecule has 3 heterocycles. The molecule has 4 nitrogen and oxygen atoms in total. The summed E-state index contributed by atoms with van der Waals surface area (Å²) >= 11 is 0. The van der Waals surface area contributed by atoms with E-state index in [1.54, 1.807) is 6.20 Å². The second-order valence-electron chi connectivity index (χ2n) is 5.92. The molecule has 1 aromatic carbocycles. The summed E-state index contributed by atoms with van der Waals surface area (Å²) in [5.41, 5.74) is 2.15. The molecular formula is C18H15F2N3O. The van der Waals surface area contributed by atoms with Crippen molar-refractivity contribution in [2.45, 2.75) is 19.4 Å². The number of pyridine rings is 1. The Labute approximate surface area is 137 Å². The molecule has 0 aliphatic carbocycles. The average molecular weight is 327 g/mol. The van der Waals surface area contributed by atoms with Gasteiger partial charge in [-0.2, -0.15) is 0 Å². The zero-order valence-electron chi connectivity index (χ0n) is 13.0. The van der Waals surface area contributed by atoms with Crippen molar-refractivity contribution in [3.8, 4) is 0 Å². The van der Waals surface area contributed by atoms with E-state index in [-0.39, 0.29) is 11.5 Å². The number of rotatable bonds is 1. The highest BCUT2D eigenvalue weighted by Crippen LogP contribution is 2.39. The minimum atomic E-state index is -0.818. The molecule has 1 aliphatic rings. The van der Waals surface area contributed by atoms with Crippen molar-refractivity contribution in [1.82, 2.24) is 14.9 Å². The van der Waals surface area contributed by atoms with Crippen LogP contribution >= 0.6 is 0 Å². The molecular weight excluding hydrogens is 312 g/mol. The molecule has 0 saturated carbocycles. The van der Waals surface area contributed by atoms with Crippen LogP contribution in [0.1, 0.15) is 29.8 Å². The van der Waals surface area contributed by atoms with Crippen LogP contribution in [0.4, 0.5) is 8.78 Å². The van der Waals surface area contributed by atoms with E-state index in [0.29, 0.717) is 24.3 Å². The number of halogens is 2. The van der Waals surface area contributed by atoms with Crippen LogP contribution < -0.4 is 0 Å². The molecule has 0 radical (unpaired) electrons. The average Bonchev–Trinajstić information content (AvgIpc) is 2.93. The number of carbonyl (C=O) groups is 1. The summed E-state index contributed by atoms with van der Waals surface area (Å²) in [4.78, 5) is 21.0. The van der Waals surface area contributed by atoms with E-state index in [0.717, 1.165) is 10.9 Å². The number of fused-ring (bicyclic) bond motifs is 3. The third kappa shape index (κ3) is 2.10. The summed E-state index contributed by atoms with van der Waals surface area (Å²) < 4.78 is 28.8. The van der Waals surface area contributed by atoms with Crippen LogP contribution in [0.15, 0.2) is 36.5 Å². The quantitative estimate of drug-likeness (QED) is 0.745. The predicted molar refractivity (Wildman–Crippen MR) is 85.4 cm³/mol. The second kappa shape index (κ2) is 5.40. The van der Waals surface area contributed by atoms with Crippen molar-refractivity contribution in [3.63, 3.8) is 0 Å². The van der Waals surface area contributed by atoms with Crippen LogP contribution in [0, 0.1) is 11.6 Å². The van der Waals surface area contributed by atoms with Gasteiger partial charge in [-0.25, -0.2) is 13.8 Å². The van der Waals surface area contributed by atoms with Gasteiger partial charge in [0.2, 0.25) is 5.91 Å². The van der Waals surface area contributed by atoms with Crippen molar-refractivity contribution < 1.29 is 13.6 Å². The molecule has 1 N–H and O–H groups in total. The molecule has 6 heteroatoms. The van der Waals surface area contributed by atoms with Crippen molar-refractivity contribution >= 4 is 16.9 Å². The number of hydrogen-bond acceptors (Lipinski definition) is 2. The summed E-state index contributed by atoms with van der Waals surface area (Å²) in [7, 11) is 0. The lowest BCUT2D eigenvalue weighted by atomic mass is 9.92. The molecule has 0 fully saturated rings. The fraction of sp³-hybridized carbons (Fsp3) is 0.222. The first-order valence-corrected chi connectivity index (χ1v) is 7.74. The van der Waals surface area contributed by atoms with Crippen LogP contribution in [0.25, 0.3) is 11.0 Å². The fourth-order valence-electron chi connectivity index (χ4n) is 3.53. The zero-order valence-corrected chi connectivity index (χ0v) is 13.0. The Kier molecular flexibility index (Phi) is 3.33. The fourth-order valence-corrected chi connectivity index (χ4v) is 3.53. The minimum Gasteiger partial charge on any atom is -0.341 e. The summed E-state index contributed by atoms with van der Waals surface area (Å²) in [5.74, 6) is -1.55. The first-order valence-electron chi connectivity index (χ1n) is 7.74. The topological polar surface area (TPSA) is 49.0 Å². The molecule has 1 atom stereocenters. The molecule has 4 rings (SSSR count). The number of hydrogen-bond donors (Lipinski definition) is 1. The molecule has 1 amide bonds. The van der Waals surface area contributed by atoms with Gasteiger partial charge in [-0.3, -0.25) is 4.79 Å².